The molecular formula is C17H22INO3. The van der Waals surface area contributed by atoms with Crippen molar-refractivity contribution >= 4 is 28.6 Å². The molecule has 0 aliphatic carbocycles. The molecule has 120 valence electrons. The molecule has 4 atom stereocenters. The van der Waals surface area contributed by atoms with Gasteiger partial charge in [0.1, 0.15) is 5.75 Å². The minimum Gasteiger partial charge on any atom is -0.496 e. The Morgan fingerprint density at radius 3 is 2.73 bits per heavy atom. The van der Waals surface area contributed by atoms with Gasteiger partial charge in [0.2, 0.25) is 0 Å². The van der Waals surface area contributed by atoms with E-state index in [4.69, 9.17) is 9.47 Å². The summed E-state index contributed by atoms with van der Waals surface area (Å²) in [4.78, 5) is 14.8. The van der Waals surface area contributed by atoms with Crippen LogP contribution in [0.3, 0.4) is 0 Å². The summed E-state index contributed by atoms with van der Waals surface area (Å²) in [5, 5.41) is 0. The van der Waals surface area contributed by atoms with E-state index < -0.39 is 0 Å². The van der Waals surface area contributed by atoms with Gasteiger partial charge in [0.15, 0.2) is 0 Å². The fourth-order valence-corrected chi connectivity index (χ4v) is 4.94. The van der Waals surface area contributed by atoms with E-state index in [1.807, 2.05) is 6.07 Å². The number of benzene rings is 1. The van der Waals surface area contributed by atoms with E-state index in [1.165, 1.54) is 19.1 Å². The number of halogens is 1. The van der Waals surface area contributed by atoms with Gasteiger partial charge in [-0.2, -0.15) is 0 Å². The Balaban J connectivity index is 1.97. The van der Waals surface area contributed by atoms with Crippen LogP contribution in [0.15, 0.2) is 18.2 Å². The molecule has 0 radical (unpaired) electrons. The maximum atomic E-state index is 12.4. The third-order valence-electron chi connectivity index (χ3n) is 5.35. The molecule has 0 saturated carbocycles. The van der Waals surface area contributed by atoms with Crippen LogP contribution in [0.25, 0.3) is 0 Å². The maximum Gasteiger partial charge on any atom is 0.310 e. The van der Waals surface area contributed by atoms with Crippen LogP contribution in [0.4, 0.5) is 0 Å². The van der Waals surface area contributed by atoms with Gasteiger partial charge in [0, 0.05) is 18.0 Å². The normalized spacial score (nSPS) is 31.1. The van der Waals surface area contributed by atoms with E-state index in [-0.39, 0.29) is 17.8 Å². The number of nitrogens with zero attached hydrogens (tertiary/aromatic N) is 1. The average Bonchev–Trinajstić information content (AvgIpc) is 2.76. The Hall–Kier alpha value is -0.820. The van der Waals surface area contributed by atoms with Crippen LogP contribution < -0.4 is 4.74 Å². The van der Waals surface area contributed by atoms with Gasteiger partial charge in [-0.1, -0.05) is 6.07 Å². The molecule has 0 aromatic heterocycles. The first-order chi connectivity index (χ1) is 10.6. The van der Waals surface area contributed by atoms with E-state index in [0.29, 0.717) is 12.1 Å². The van der Waals surface area contributed by atoms with E-state index in [9.17, 15) is 4.79 Å². The van der Waals surface area contributed by atoms with Crippen molar-refractivity contribution in [2.24, 2.45) is 5.92 Å². The molecule has 2 aliphatic heterocycles. The second-order valence-corrected chi connectivity index (χ2v) is 7.41. The summed E-state index contributed by atoms with van der Waals surface area (Å²) in [6.45, 7) is 0. The van der Waals surface area contributed by atoms with Crippen LogP contribution in [0.2, 0.25) is 0 Å². The summed E-state index contributed by atoms with van der Waals surface area (Å²) in [6, 6.07) is 7.15. The molecule has 1 aromatic carbocycles. The van der Waals surface area contributed by atoms with E-state index >= 15 is 0 Å². The zero-order valence-corrected chi connectivity index (χ0v) is 15.4. The minimum atomic E-state index is -0.0759. The molecule has 2 bridgehead atoms. The van der Waals surface area contributed by atoms with Gasteiger partial charge < -0.3 is 9.47 Å². The van der Waals surface area contributed by atoms with Crippen molar-refractivity contribution in [3.8, 4) is 5.75 Å². The SMILES string of the molecule is COC(=O)[C@H]1[C@@H](c2ccc(OC)c(I)c2)C[C@H]2CC[C@H]1N2C. The summed E-state index contributed by atoms with van der Waals surface area (Å²) >= 11 is 2.29. The van der Waals surface area contributed by atoms with Crippen LogP contribution in [0.5, 0.6) is 5.75 Å². The van der Waals surface area contributed by atoms with Crippen molar-refractivity contribution in [1.29, 1.82) is 0 Å². The fraction of sp³-hybridized carbons (Fsp3) is 0.588. The summed E-state index contributed by atoms with van der Waals surface area (Å²) in [6.07, 6.45) is 3.29. The van der Waals surface area contributed by atoms with Crippen LogP contribution in [-0.4, -0.2) is 44.2 Å². The van der Waals surface area contributed by atoms with E-state index in [0.717, 1.165) is 22.2 Å². The molecule has 0 spiro atoms. The summed E-state index contributed by atoms with van der Waals surface area (Å²) in [7, 11) is 5.33. The molecule has 2 heterocycles. The number of hydrogen-bond donors (Lipinski definition) is 0. The number of carbonyl (C=O) groups is 1. The molecule has 0 amide bonds. The van der Waals surface area contributed by atoms with E-state index in [1.54, 1.807) is 7.11 Å². The van der Waals surface area contributed by atoms with E-state index in [2.05, 4.69) is 46.7 Å². The number of hydrogen-bond acceptors (Lipinski definition) is 4. The quantitative estimate of drug-likeness (QED) is 0.562. The van der Waals surface area contributed by atoms with Crippen LogP contribution in [-0.2, 0) is 9.53 Å². The van der Waals surface area contributed by atoms with Gasteiger partial charge >= 0.3 is 5.97 Å². The molecule has 4 nitrogen and oxygen atoms in total. The average molecular weight is 415 g/mol. The van der Waals surface area contributed by atoms with Gasteiger partial charge in [-0.15, -0.1) is 0 Å². The highest BCUT2D eigenvalue weighted by Crippen LogP contribution is 2.47. The number of piperidine rings is 1. The molecule has 0 N–H and O–H groups in total. The molecule has 3 rings (SSSR count). The predicted octanol–water partition coefficient (Wildman–Crippen LogP) is 3.04. The van der Waals surface area contributed by atoms with Crippen molar-refractivity contribution in [3.63, 3.8) is 0 Å². The van der Waals surface area contributed by atoms with Crippen molar-refractivity contribution in [2.45, 2.75) is 37.3 Å². The van der Waals surface area contributed by atoms with Gasteiger partial charge in [-0.05, 0) is 66.6 Å². The van der Waals surface area contributed by atoms with Crippen molar-refractivity contribution in [1.82, 2.24) is 4.90 Å². The summed E-state index contributed by atoms with van der Waals surface area (Å²) in [5.74, 6) is 0.974. The zero-order valence-electron chi connectivity index (χ0n) is 13.2. The monoisotopic (exact) mass is 415 g/mol. The minimum absolute atomic E-state index is 0.0713. The fourth-order valence-electron chi connectivity index (χ4n) is 4.18. The Labute approximate surface area is 145 Å². The van der Waals surface area contributed by atoms with Gasteiger partial charge in [0.25, 0.3) is 0 Å². The lowest BCUT2D eigenvalue weighted by Gasteiger charge is -2.41. The first-order valence-electron chi connectivity index (χ1n) is 7.70. The molecule has 2 fully saturated rings. The number of methoxy groups -OCH3 is 2. The largest absolute Gasteiger partial charge is 0.496 e. The lowest BCUT2D eigenvalue weighted by molar-refractivity contribution is -0.150. The van der Waals surface area contributed by atoms with Crippen LogP contribution >= 0.6 is 22.6 Å². The topological polar surface area (TPSA) is 38.8 Å². The summed E-state index contributed by atoms with van der Waals surface area (Å²) in [5.41, 5.74) is 1.23. The Kier molecular flexibility index (Phi) is 4.64. The van der Waals surface area contributed by atoms with Gasteiger partial charge in [-0.3, -0.25) is 9.69 Å². The Morgan fingerprint density at radius 1 is 1.32 bits per heavy atom. The standard InChI is InChI=1S/C17H22INO3/c1-19-11-5-6-14(19)16(17(20)22-3)12(9-11)10-4-7-15(21-2)13(18)8-10/h4,7-8,11-12,14,16H,5-6,9H2,1-3H3/t11-,12-,14-,16+/m1/s1. The zero-order chi connectivity index (χ0) is 15.9. The molecule has 2 aliphatic rings. The highest BCUT2D eigenvalue weighted by atomic mass is 127. The number of rotatable bonds is 3. The molecule has 5 heteroatoms. The van der Waals surface area contributed by atoms with Crippen LogP contribution in [0.1, 0.15) is 30.7 Å². The first-order valence-corrected chi connectivity index (χ1v) is 8.78. The highest BCUT2D eigenvalue weighted by Gasteiger charge is 2.49. The number of ether oxygens (including phenoxy) is 2. The number of carbonyl (C=O) groups excluding carboxylic acids is 1. The second kappa shape index (κ2) is 6.35. The van der Waals surface area contributed by atoms with Crippen LogP contribution in [0, 0.1) is 9.49 Å². The molecule has 2 saturated heterocycles. The van der Waals surface area contributed by atoms with Gasteiger partial charge in [-0.25, -0.2) is 0 Å². The third kappa shape index (κ3) is 2.62. The molecule has 0 unspecified atom stereocenters. The maximum absolute atomic E-state index is 12.4. The number of fused-ring (bicyclic) bond motifs is 2. The lowest BCUT2D eigenvalue weighted by Crippen LogP contribution is -2.49. The second-order valence-electron chi connectivity index (χ2n) is 6.25. The highest BCUT2D eigenvalue weighted by molar-refractivity contribution is 14.1. The first kappa shape index (κ1) is 16.1. The molecule has 1 aromatic rings. The Morgan fingerprint density at radius 2 is 2.09 bits per heavy atom. The summed E-state index contributed by atoms with van der Waals surface area (Å²) < 4.78 is 11.6. The molecule has 22 heavy (non-hydrogen) atoms. The smallest absolute Gasteiger partial charge is 0.310 e. The lowest BCUT2D eigenvalue weighted by atomic mass is 9.76. The molecular weight excluding hydrogens is 393 g/mol. The van der Waals surface area contributed by atoms with Crippen molar-refractivity contribution < 1.29 is 14.3 Å². The van der Waals surface area contributed by atoms with Crippen molar-refractivity contribution in [2.75, 3.05) is 21.3 Å². The van der Waals surface area contributed by atoms with Crippen molar-refractivity contribution in [3.05, 3.63) is 27.3 Å². The predicted molar refractivity (Wildman–Crippen MR) is 93.1 cm³/mol. The number of esters is 1. The Bertz CT molecular complexity index is 577. The third-order valence-corrected chi connectivity index (χ3v) is 6.19. The van der Waals surface area contributed by atoms with Gasteiger partial charge in [0.05, 0.1) is 23.7 Å².